The lowest BCUT2D eigenvalue weighted by atomic mass is 10.5. The number of aromatic nitrogens is 1. The molecule has 0 unspecified atom stereocenters. The largest absolute Gasteiger partial charge is 0.302 e. The number of anilines is 1. The molecule has 1 aliphatic rings. The monoisotopic (exact) mass is 368 g/mol. The Morgan fingerprint density at radius 1 is 1.50 bits per heavy atom. The van der Waals surface area contributed by atoms with Crippen molar-refractivity contribution in [3.05, 3.63) is 6.20 Å². The van der Waals surface area contributed by atoms with Crippen molar-refractivity contribution in [3.8, 4) is 0 Å². The van der Waals surface area contributed by atoms with Crippen molar-refractivity contribution >= 4 is 42.4 Å². The summed E-state index contributed by atoms with van der Waals surface area (Å²) in [6.45, 7) is 1.79. The maximum absolute atomic E-state index is 12.0. The second-order valence-electron chi connectivity index (χ2n) is 4.63. The molecule has 1 aromatic rings. The van der Waals surface area contributed by atoms with Crippen LogP contribution in [0.5, 0.6) is 0 Å². The fraction of sp³-hybridized carbons (Fsp3) is 0.600. The van der Waals surface area contributed by atoms with Crippen LogP contribution in [-0.4, -0.2) is 57.4 Å². The van der Waals surface area contributed by atoms with E-state index in [-0.39, 0.29) is 34.1 Å². The van der Waals surface area contributed by atoms with E-state index in [1.165, 1.54) is 11.2 Å². The molecule has 0 atom stereocenters. The number of hydrogen-bond acceptors (Lipinski definition) is 7. The Labute approximate surface area is 132 Å². The first-order valence-corrected chi connectivity index (χ1v) is 10.3. The molecule has 0 saturated carbocycles. The van der Waals surface area contributed by atoms with Crippen LogP contribution in [0.15, 0.2) is 10.4 Å². The van der Waals surface area contributed by atoms with Crippen LogP contribution in [0.3, 0.4) is 0 Å². The van der Waals surface area contributed by atoms with Gasteiger partial charge in [-0.25, -0.2) is 30.8 Å². The molecule has 0 aliphatic carbocycles. The lowest BCUT2D eigenvalue weighted by Crippen LogP contribution is -2.35. The van der Waals surface area contributed by atoms with E-state index < -0.39 is 20.0 Å². The normalized spacial score (nSPS) is 18.4. The van der Waals surface area contributed by atoms with Gasteiger partial charge < -0.3 is 5.32 Å². The number of hydrogen-bond donors (Lipinski definition) is 2. The zero-order valence-electron chi connectivity index (χ0n) is 11.8. The van der Waals surface area contributed by atoms with Crippen molar-refractivity contribution in [2.24, 2.45) is 0 Å². The molecule has 12 heteroatoms. The summed E-state index contributed by atoms with van der Waals surface area (Å²) in [4.78, 5) is 14.7. The Hall–Kier alpha value is -1.08. The summed E-state index contributed by atoms with van der Waals surface area (Å²) in [5.74, 6) is -0.236. The molecule has 0 spiro atoms. The molecule has 0 bridgehead atoms. The van der Waals surface area contributed by atoms with Gasteiger partial charge in [0, 0.05) is 26.6 Å². The summed E-state index contributed by atoms with van der Waals surface area (Å²) in [5.41, 5.74) is 0. The summed E-state index contributed by atoms with van der Waals surface area (Å²) < 4.78 is 50.8. The van der Waals surface area contributed by atoms with Gasteiger partial charge in [0.2, 0.25) is 15.9 Å². The van der Waals surface area contributed by atoms with Crippen LogP contribution in [0, 0.1) is 0 Å². The molecule has 2 rings (SSSR count). The van der Waals surface area contributed by atoms with Crippen LogP contribution in [-0.2, 0) is 24.8 Å². The first-order valence-electron chi connectivity index (χ1n) is 6.42. The molecule has 9 nitrogen and oxygen atoms in total. The molecule has 1 aliphatic heterocycles. The molecule has 1 fully saturated rings. The average molecular weight is 368 g/mol. The summed E-state index contributed by atoms with van der Waals surface area (Å²) >= 11 is 0.825. The lowest BCUT2D eigenvalue weighted by molar-refractivity contribution is -0.114. The van der Waals surface area contributed by atoms with Crippen LogP contribution in [0.4, 0.5) is 5.13 Å². The smallest absolute Gasteiger partial charge is 0.251 e. The van der Waals surface area contributed by atoms with E-state index in [9.17, 15) is 21.6 Å². The Bertz CT molecular complexity index is 755. The van der Waals surface area contributed by atoms with Gasteiger partial charge in [-0.1, -0.05) is 11.3 Å². The molecule has 2 N–H and O–H groups in total. The van der Waals surface area contributed by atoms with Gasteiger partial charge in [-0.2, -0.15) is 0 Å². The van der Waals surface area contributed by atoms with Gasteiger partial charge in [0.1, 0.15) is 0 Å². The average Bonchev–Trinajstić information content (AvgIpc) is 2.96. The van der Waals surface area contributed by atoms with Crippen LogP contribution in [0.2, 0.25) is 0 Å². The Morgan fingerprint density at radius 3 is 2.82 bits per heavy atom. The number of sulfonamides is 2. The number of carbonyl (C=O) groups excluding carboxylic acids is 1. The third kappa shape index (κ3) is 4.23. The highest BCUT2D eigenvalue weighted by Gasteiger charge is 2.28. The van der Waals surface area contributed by atoms with E-state index in [2.05, 4.69) is 15.0 Å². The molecule has 0 aromatic carbocycles. The lowest BCUT2D eigenvalue weighted by Gasteiger charge is -2.14. The second kappa shape index (κ2) is 6.58. The molecule has 124 valence electrons. The van der Waals surface area contributed by atoms with Gasteiger partial charge >= 0.3 is 0 Å². The number of carbonyl (C=O) groups is 1. The molecule has 0 radical (unpaired) electrons. The minimum atomic E-state index is -3.77. The van der Waals surface area contributed by atoms with Crippen LogP contribution >= 0.6 is 11.3 Å². The van der Waals surface area contributed by atoms with E-state index in [0.717, 1.165) is 17.5 Å². The predicted molar refractivity (Wildman–Crippen MR) is 81.6 cm³/mol. The van der Waals surface area contributed by atoms with Crippen LogP contribution in [0.25, 0.3) is 0 Å². The zero-order chi connectivity index (χ0) is 16.4. The van der Waals surface area contributed by atoms with E-state index >= 15 is 0 Å². The number of nitrogens with zero attached hydrogens (tertiary/aromatic N) is 2. The maximum atomic E-state index is 12.0. The summed E-state index contributed by atoms with van der Waals surface area (Å²) in [6.07, 6.45) is 1.70. The maximum Gasteiger partial charge on any atom is 0.251 e. The molecule has 1 amide bonds. The van der Waals surface area contributed by atoms with Gasteiger partial charge in [0.25, 0.3) is 10.0 Å². The molecule has 1 aromatic heterocycles. The zero-order valence-corrected chi connectivity index (χ0v) is 14.2. The van der Waals surface area contributed by atoms with Gasteiger partial charge in [0.05, 0.1) is 11.9 Å². The molecule has 2 heterocycles. The highest BCUT2D eigenvalue weighted by Crippen LogP contribution is 2.22. The number of rotatable bonds is 6. The highest BCUT2D eigenvalue weighted by molar-refractivity contribution is 7.91. The Balaban J connectivity index is 1.94. The minimum absolute atomic E-state index is 0.0189. The van der Waals surface area contributed by atoms with Gasteiger partial charge in [-0.3, -0.25) is 4.79 Å². The van der Waals surface area contributed by atoms with Gasteiger partial charge in [-0.15, -0.1) is 0 Å². The van der Waals surface area contributed by atoms with Crippen LogP contribution in [0.1, 0.15) is 13.3 Å². The van der Waals surface area contributed by atoms with Gasteiger partial charge in [-0.05, 0) is 6.42 Å². The first-order chi connectivity index (χ1) is 10.2. The molecule has 1 saturated heterocycles. The second-order valence-corrected chi connectivity index (χ2v) is 9.74. The third-order valence-corrected chi connectivity index (χ3v) is 7.68. The summed E-state index contributed by atoms with van der Waals surface area (Å²) in [5, 5.41) is 2.59. The summed E-state index contributed by atoms with van der Waals surface area (Å²) in [6, 6.07) is 0. The quantitative estimate of drug-likeness (QED) is 0.692. The minimum Gasteiger partial charge on any atom is -0.302 e. The van der Waals surface area contributed by atoms with E-state index in [1.807, 2.05) is 0 Å². The van der Waals surface area contributed by atoms with Crippen molar-refractivity contribution in [1.29, 1.82) is 0 Å². The fourth-order valence-electron chi connectivity index (χ4n) is 1.91. The van der Waals surface area contributed by atoms with Crippen molar-refractivity contribution in [1.82, 2.24) is 14.0 Å². The molecular weight excluding hydrogens is 352 g/mol. The van der Waals surface area contributed by atoms with Crippen molar-refractivity contribution in [2.45, 2.75) is 17.6 Å². The number of nitrogens with one attached hydrogen (secondary N) is 2. The van der Waals surface area contributed by atoms with E-state index in [1.54, 1.807) is 0 Å². The Morgan fingerprint density at radius 2 is 2.23 bits per heavy atom. The van der Waals surface area contributed by atoms with Crippen molar-refractivity contribution in [3.63, 3.8) is 0 Å². The first kappa shape index (κ1) is 17.3. The fourth-order valence-corrected chi connectivity index (χ4v) is 5.58. The van der Waals surface area contributed by atoms with Crippen LogP contribution < -0.4 is 10.0 Å². The van der Waals surface area contributed by atoms with Crippen molar-refractivity contribution in [2.75, 3.05) is 30.7 Å². The standard InChI is InChI=1S/C10H16N4O5S3/c1-8(15)13-10-11-7-9(20-10)22(18,19)12-3-5-14-4-2-6-21(14,16)17/h7,12H,2-6H2,1H3,(H,11,13,15). The predicted octanol–water partition coefficient (Wildman–Crippen LogP) is -0.585. The van der Waals surface area contributed by atoms with E-state index in [4.69, 9.17) is 0 Å². The highest BCUT2D eigenvalue weighted by atomic mass is 32.2. The Kier molecular flexibility index (Phi) is 5.17. The molecule has 22 heavy (non-hydrogen) atoms. The number of thiazole rings is 1. The number of amides is 1. The van der Waals surface area contributed by atoms with Gasteiger partial charge in [0.15, 0.2) is 9.34 Å². The van der Waals surface area contributed by atoms with E-state index in [0.29, 0.717) is 13.0 Å². The topological polar surface area (TPSA) is 126 Å². The SMILES string of the molecule is CC(=O)Nc1ncc(S(=O)(=O)NCCN2CCCS2(=O)=O)s1. The van der Waals surface area contributed by atoms with Crippen molar-refractivity contribution < 1.29 is 21.6 Å². The summed E-state index contributed by atoms with van der Waals surface area (Å²) in [7, 11) is -7.01. The molecular formula is C10H16N4O5S3. The third-order valence-electron chi connectivity index (χ3n) is 2.89.